The Labute approximate surface area is 256 Å². The molecule has 0 aromatic carbocycles. The second-order valence-electron chi connectivity index (χ2n) is 11.8. The molecule has 2 unspecified atom stereocenters. The highest BCUT2D eigenvalue weighted by Crippen LogP contribution is 2.07. The van der Waals surface area contributed by atoms with Crippen molar-refractivity contribution in [2.45, 2.75) is 65.1 Å². The first-order valence-electron chi connectivity index (χ1n) is 15.6. The average Bonchev–Trinajstić information content (AvgIpc) is 2.90. The molecule has 6 N–H and O–H groups in total. The number of carbonyl (C=O) groups is 4. The summed E-state index contributed by atoms with van der Waals surface area (Å²) in [4.78, 5) is 55.2. The molecule has 1 aliphatic heterocycles. The molecule has 14 nitrogen and oxygen atoms in total. The second kappa shape index (κ2) is 22.2. The van der Waals surface area contributed by atoms with Gasteiger partial charge in [-0.15, -0.1) is 0 Å². The minimum atomic E-state index is -0.968. The maximum atomic E-state index is 12.7. The van der Waals surface area contributed by atoms with Crippen LogP contribution in [0.4, 0.5) is 0 Å². The van der Waals surface area contributed by atoms with E-state index in [0.717, 1.165) is 19.4 Å². The predicted octanol–water partition coefficient (Wildman–Crippen LogP) is -1.04. The highest BCUT2D eigenvalue weighted by atomic mass is 16.4. The molecule has 14 heteroatoms. The molecule has 0 aliphatic carbocycles. The third kappa shape index (κ3) is 20.3. The number of nitrogens with zero attached hydrogens (tertiary/aromatic N) is 4. The lowest BCUT2D eigenvalue weighted by Gasteiger charge is -2.33. The zero-order valence-corrected chi connectivity index (χ0v) is 26.4. The van der Waals surface area contributed by atoms with Crippen LogP contribution in [-0.2, 0) is 19.2 Å². The molecule has 250 valence electrons. The Morgan fingerprint density at radius 2 is 1.12 bits per heavy atom. The van der Waals surface area contributed by atoms with Gasteiger partial charge in [0.25, 0.3) is 0 Å². The maximum Gasteiger partial charge on any atom is 0.317 e. The molecule has 1 heterocycles. The standard InChI is InChI=1S/C29H56N6O8/c1-4-32-10-12-33(14-15-35(22-29(42)43)17-16-34(13-11-32)21-28(40)41)20-27(39)31-9-7-24(36)18-25(37)19-26(38)30-8-5-6-23(2)3/h23-25,36-37H,4-22H2,1-3H3,(H,30,38)(H,31,39)(H,40,41)(H,42,43). The summed E-state index contributed by atoms with van der Waals surface area (Å²) < 4.78 is 0. The van der Waals surface area contributed by atoms with Crippen LogP contribution < -0.4 is 10.6 Å². The number of nitrogens with one attached hydrogen (secondary N) is 2. The van der Waals surface area contributed by atoms with E-state index in [0.29, 0.717) is 64.8 Å². The monoisotopic (exact) mass is 616 g/mol. The highest BCUT2D eigenvalue weighted by molar-refractivity contribution is 5.78. The van der Waals surface area contributed by atoms with E-state index >= 15 is 0 Å². The van der Waals surface area contributed by atoms with Crippen LogP contribution in [0.1, 0.15) is 52.9 Å². The molecular formula is C29H56N6O8. The van der Waals surface area contributed by atoms with Crippen molar-refractivity contribution in [2.24, 2.45) is 5.92 Å². The van der Waals surface area contributed by atoms with Crippen LogP contribution in [-0.4, -0.2) is 168 Å². The number of carboxylic acids is 2. The van der Waals surface area contributed by atoms with E-state index in [-0.39, 0.29) is 57.3 Å². The van der Waals surface area contributed by atoms with Gasteiger partial charge in [-0.05, 0) is 38.1 Å². The van der Waals surface area contributed by atoms with Gasteiger partial charge in [-0.25, -0.2) is 0 Å². The van der Waals surface area contributed by atoms with Crippen molar-refractivity contribution in [1.29, 1.82) is 0 Å². The Balaban J connectivity index is 2.54. The number of carboxylic acid groups (broad SMARTS) is 2. The van der Waals surface area contributed by atoms with E-state index in [4.69, 9.17) is 0 Å². The molecule has 1 fully saturated rings. The van der Waals surface area contributed by atoms with Gasteiger partial charge in [-0.3, -0.25) is 33.9 Å². The third-order valence-electron chi connectivity index (χ3n) is 7.51. The molecular weight excluding hydrogens is 560 g/mol. The fraction of sp³-hybridized carbons (Fsp3) is 0.862. The van der Waals surface area contributed by atoms with Gasteiger partial charge in [-0.2, -0.15) is 0 Å². The van der Waals surface area contributed by atoms with Crippen molar-refractivity contribution in [3.63, 3.8) is 0 Å². The summed E-state index contributed by atoms with van der Waals surface area (Å²) >= 11 is 0. The van der Waals surface area contributed by atoms with Crippen LogP contribution in [0.5, 0.6) is 0 Å². The molecule has 0 saturated carbocycles. The quantitative estimate of drug-likeness (QED) is 0.103. The lowest BCUT2D eigenvalue weighted by molar-refractivity contribution is -0.140. The fourth-order valence-corrected chi connectivity index (χ4v) is 4.93. The maximum absolute atomic E-state index is 12.7. The minimum absolute atomic E-state index is 0.0393. The molecule has 0 radical (unpaired) electrons. The first kappa shape index (κ1) is 38.7. The number of rotatable bonds is 18. The zero-order chi connectivity index (χ0) is 32.2. The van der Waals surface area contributed by atoms with E-state index in [1.807, 2.05) is 16.7 Å². The smallest absolute Gasteiger partial charge is 0.317 e. The van der Waals surface area contributed by atoms with Crippen LogP contribution in [0.25, 0.3) is 0 Å². The molecule has 1 saturated heterocycles. The van der Waals surface area contributed by atoms with E-state index < -0.39 is 24.1 Å². The molecule has 1 rings (SSSR count). The highest BCUT2D eigenvalue weighted by Gasteiger charge is 2.20. The van der Waals surface area contributed by atoms with Gasteiger partial charge in [0.15, 0.2) is 0 Å². The lowest BCUT2D eigenvalue weighted by atomic mass is 10.1. The van der Waals surface area contributed by atoms with Crippen LogP contribution in [0.15, 0.2) is 0 Å². The Kier molecular flexibility index (Phi) is 20.0. The summed E-state index contributed by atoms with van der Waals surface area (Å²) in [5.74, 6) is -1.79. The van der Waals surface area contributed by atoms with Crippen molar-refractivity contribution in [3.8, 4) is 0 Å². The zero-order valence-electron chi connectivity index (χ0n) is 26.4. The molecule has 2 amide bonds. The summed E-state index contributed by atoms with van der Waals surface area (Å²) in [6.07, 6.45) is 0.258. The van der Waals surface area contributed by atoms with E-state index in [1.165, 1.54) is 0 Å². The van der Waals surface area contributed by atoms with Crippen molar-refractivity contribution in [1.82, 2.24) is 30.2 Å². The largest absolute Gasteiger partial charge is 0.480 e. The van der Waals surface area contributed by atoms with Gasteiger partial charge in [0.1, 0.15) is 0 Å². The summed E-state index contributed by atoms with van der Waals surface area (Å²) in [6.45, 7) is 11.8. The minimum Gasteiger partial charge on any atom is -0.480 e. The van der Waals surface area contributed by atoms with Gasteiger partial charge in [-0.1, -0.05) is 20.8 Å². The van der Waals surface area contributed by atoms with Gasteiger partial charge in [0.2, 0.25) is 11.8 Å². The summed E-state index contributed by atoms with van der Waals surface area (Å²) in [5, 5.41) is 44.7. The van der Waals surface area contributed by atoms with E-state index in [2.05, 4.69) is 29.4 Å². The Morgan fingerprint density at radius 1 is 0.651 bits per heavy atom. The van der Waals surface area contributed by atoms with Crippen molar-refractivity contribution < 1.29 is 39.6 Å². The lowest BCUT2D eigenvalue weighted by Crippen LogP contribution is -2.49. The Bertz CT molecular complexity index is 833. The number of aliphatic carboxylic acids is 2. The van der Waals surface area contributed by atoms with E-state index in [1.54, 1.807) is 4.90 Å². The summed E-state index contributed by atoms with van der Waals surface area (Å²) in [7, 11) is 0. The number of aliphatic hydroxyl groups is 2. The number of aliphatic hydroxyl groups excluding tert-OH is 2. The van der Waals surface area contributed by atoms with Gasteiger partial charge < -0.3 is 36.0 Å². The normalized spacial score (nSPS) is 18.4. The third-order valence-corrected chi connectivity index (χ3v) is 7.51. The van der Waals surface area contributed by atoms with Crippen LogP contribution in [0.2, 0.25) is 0 Å². The van der Waals surface area contributed by atoms with Gasteiger partial charge >= 0.3 is 11.9 Å². The Hall–Kier alpha value is -2.36. The molecule has 1 aliphatic rings. The number of carbonyl (C=O) groups excluding carboxylic acids is 2. The topological polar surface area (TPSA) is 186 Å². The van der Waals surface area contributed by atoms with Crippen LogP contribution in [0.3, 0.4) is 0 Å². The van der Waals surface area contributed by atoms with Crippen molar-refractivity contribution >= 4 is 23.8 Å². The fourth-order valence-electron chi connectivity index (χ4n) is 4.93. The predicted molar refractivity (Wildman–Crippen MR) is 163 cm³/mol. The number of hydrogen-bond acceptors (Lipinski definition) is 10. The van der Waals surface area contributed by atoms with Crippen LogP contribution in [0, 0.1) is 5.92 Å². The number of likely N-dealkylation sites (N-methyl/N-ethyl adjacent to an activating group) is 1. The molecule has 2 atom stereocenters. The molecule has 0 spiro atoms. The Morgan fingerprint density at radius 3 is 1.58 bits per heavy atom. The van der Waals surface area contributed by atoms with Crippen LogP contribution >= 0.6 is 0 Å². The molecule has 43 heavy (non-hydrogen) atoms. The van der Waals surface area contributed by atoms with Gasteiger partial charge in [0.05, 0.1) is 38.3 Å². The second-order valence-corrected chi connectivity index (χ2v) is 11.8. The van der Waals surface area contributed by atoms with Gasteiger partial charge in [0, 0.05) is 65.4 Å². The SMILES string of the molecule is CCN1CCN(CC(=O)O)CCN(CC(=O)O)CCN(CC(=O)NCCC(O)CC(O)CC(=O)NCCCC(C)C)CC1. The molecule has 0 bridgehead atoms. The summed E-state index contributed by atoms with van der Waals surface area (Å²) in [5.41, 5.74) is 0. The first-order chi connectivity index (χ1) is 20.4. The van der Waals surface area contributed by atoms with Crippen molar-refractivity contribution in [3.05, 3.63) is 0 Å². The molecule has 0 aromatic rings. The average molecular weight is 617 g/mol. The van der Waals surface area contributed by atoms with Crippen molar-refractivity contribution in [2.75, 3.05) is 91.6 Å². The van der Waals surface area contributed by atoms with E-state index in [9.17, 15) is 39.6 Å². The molecule has 0 aromatic heterocycles. The number of amides is 2. The number of hydrogen-bond donors (Lipinski definition) is 6. The summed E-state index contributed by atoms with van der Waals surface area (Å²) in [6, 6.07) is 0. The first-order valence-corrected chi connectivity index (χ1v) is 15.6.